The molecule has 2 nitrogen and oxygen atoms in total. The van der Waals surface area contributed by atoms with Gasteiger partial charge in [-0.2, -0.15) is 0 Å². The molecule has 0 unspecified atom stereocenters. The molecule has 60 valence electrons. The van der Waals surface area contributed by atoms with E-state index < -0.39 is 0 Å². The summed E-state index contributed by atoms with van der Waals surface area (Å²) in [4.78, 5) is 0. The van der Waals surface area contributed by atoms with Gasteiger partial charge in [-0.05, 0) is 31.7 Å². The predicted octanol–water partition coefficient (Wildman–Crippen LogP) is 0.886. The van der Waals surface area contributed by atoms with Crippen LogP contribution < -0.4 is 5.73 Å². The third-order valence-corrected chi connectivity index (χ3v) is 2.41. The Balaban J connectivity index is 2.25. The van der Waals surface area contributed by atoms with E-state index in [9.17, 15) is 5.11 Å². The number of aliphatic hydroxyl groups is 1. The fraction of sp³-hybridized carbons (Fsp3) is 1.00. The van der Waals surface area contributed by atoms with Gasteiger partial charge in [-0.3, -0.25) is 0 Å². The average molecular weight is 143 g/mol. The van der Waals surface area contributed by atoms with Crippen LogP contribution in [0.25, 0.3) is 0 Å². The van der Waals surface area contributed by atoms with Crippen LogP contribution in [-0.4, -0.2) is 17.8 Å². The highest BCUT2D eigenvalue weighted by atomic mass is 16.3. The van der Waals surface area contributed by atoms with Crippen LogP contribution in [-0.2, 0) is 0 Å². The zero-order valence-electron chi connectivity index (χ0n) is 6.42. The Labute approximate surface area is 62.4 Å². The van der Waals surface area contributed by atoms with Crippen LogP contribution in [0, 0.1) is 5.92 Å². The van der Waals surface area contributed by atoms with Crippen molar-refractivity contribution in [3.05, 3.63) is 0 Å². The van der Waals surface area contributed by atoms with Crippen LogP contribution in [0.4, 0.5) is 0 Å². The van der Waals surface area contributed by atoms with E-state index in [1.807, 2.05) is 0 Å². The maximum Gasteiger partial charge on any atom is 0.0568 e. The Bertz CT molecular complexity index is 93.3. The molecule has 0 aliphatic heterocycles. The van der Waals surface area contributed by atoms with E-state index in [0.29, 0.717) is 5.92 Å². The molecule has 1 aliphatic rings. The quantitative estimate of drug-likeness (QED) is 0.603. The van der Waals surface area contributed by atoms with Crippen LogP contribution in [0.2, 0.25) is 0 Å². The van der Waals surface area contributed by atoms with Crippen LogP contribution in [0.3, 0.4) is 0 Å². The maximum absolute atomic E-state index is 9.44. The second-order valence-corrected chi connectivity index (χ2v) is 3.19. The molecule has 1 fully saturated rings. The molecule has 0 aromatic rings. The Morgan fingerprint density at radius 3 is 2.60 bits per heavy atom. The number of nitrogens with two attached hydrogens (primary N) is 1. The normalized spacial score (nSPS) is 34.2. The fourth-order valence-corrected chi connectivity index (χ4v) is 1.74. The summed E-state index contributed by atoms with van der Waals surface area (Å²) < 4.78 is 0. The van der Waals surface area contributed by atoms with Crippen molar-refractivity contribution in [3.8, 4) is 0 Å². The lowest BCUT2D eigenvalue weighted by Gasteiger charge is -2.26. The first-order chi connectivity index (χ1) is 4.84. The van der Waals surface area contributed by atoms with Gasteiger partial charge in [0.05, 0.1) is 6.10 Å². The molecule has 2 heteroatoms. The van der Waals surface area contributed by atoms with Gasteiger partial charge in [0, 0.05) is 0 Å². The Hall–Kier alpha value is -0.0800. The largest absolute Gasteiger partial charge is 0.393 e. The second kappa shape index (κ2) is 3.94. The molecule has 2 atom stereocenters. The monoisotopic (exact) mass is 143 g/mol. The van der Waals surface area contributed by atoms with E-state index in [0.717, 1.165) is 19.4 Å². The van der Waals surface area contributed by atoms with E-state index in [4.69, 9.17) is 5.73 Å². The van der Waals surface area contributed by atoms with Gasteiger partial charge in [-0.15, -0.1) is 0 Å². The minimum absolute atomic E-state index is 0.0581. The maximum atomic E-state index is 9.44. The fourth-order valence-electron chi connectivity index (χ4n) is 1.74. The van der Waals surface area contributed by atoms with Gasteiger partial charge >= 0.3 is 0 Å². The predicted molar refractivity (Wildman–Crippen MR) is 41.6 cm³/mol. The molecule has 0 saturated heterocycles. The molecule has 0 radical (unpaired) electrons. The molecule has 0 heterocycles. The van der Waals surface area contributed by atoms with E-state index in [2.05, 4.69) is 0 Å². The minimum Gasteiger partial charge on any atom is -0.393 e. The molecule has 3 N–H and O–H groups in total. The molecule has 0 aromatic heterocycles. The molecule has 0 bridgehead atoms. The van der Waals surface area contributed by atoms with Crippen molar-refractivity contribution in [1.29, 1.82) is 0 Å². The number of aliphatic hydroxyl groups excluding tert-OH is 1. The van der Waals surface area contributed by atoms with Crippen molar-refractivity contribution in [2.24, 2.45) is 11.7 Å². The van der Waals surface area contributed by atoms with Crippen LogP contribution in [0.5, 0.6) is 0 Å². The molecule has 0 spiro atoms. The van der Waals surface area contributed by atoms with Crippen molar-refractivity contribution < 1.29 is 5.11 Å². The number of rotatable bonds is 2. The van der Waals surface area contributed by atoms with E-state index in [1.54, 1.807) is 0 Å². The van der Waals surface area contributed by atoms with Crippen molar-refractivity contribution in [1.82, 2.24) is 0 Å². The topological polar surface area (TPSA) is 46.2 Å². The average Bonchev–Trinajstić information content (AvgIpc) is 1.94. The first kappa shape index (κ1) is 8.02. The summed E-state index contributed by atoms with van der Waals surface area (Å²) in [5.41, 5.74) is 5.41. The van der Waals surface area contributed by atoms with Crippen LogP contribution in [0.15, 0.2) is 0 Å². The zero-order chi connectivity index (χ0) is 7.40. The van der Waals surface area contributed by atoms with Crippen molar-refractivity contribution in [2.75, 3.05) is 6.54 Å². The molecular weight excluding hydrogens is 126 g/mol. The van der Waals surface area contributed by atoms with Crippen molar-refractivity contribution >= 4 is 0 Å². The summed E-state index contributed by atoms with van der Waals surface area (Å²) in [5.74, 6) is 0.499. The summed E-state index contributed by atoms with van der Waals surface area (Å²) >= 11 is 0. The first-order valence-electron chi connectivity index (χ1n) is 4.22. The highest BCUT2D eigenvalue weighted by Crippen LogP contribution is 2.26. The third kappa shape index (κ3) is 1.96. The molecule has 1 aliphatic carbocycles. The van der Waals surface area contributed by atoms with E-state index in [-0.39, 0.29) is 6.10 Å². The Kier molecular flexibility index (Phi) is 3.16. The lowest BCUT2D eigenvalue weighted by atomic mass is 9.84. The van der Waals surface area contributed by atoms with Crippen molar-refractivity contribution in [2.45, 2.75) is 38.2 Å². The van der Waals surface area contributed by atoms with E-state index in [1.165, 1.54) is 19.3 Å². The van der Waals surface area contributed by atoms with Gasteiger partial charge in [0.1, 0.15) is 0 Å². The third-order valence-electron chi connectivity index (χ3n) is 2.41. The Morgan fingerprint density at radius 1 is 1.30 bits per heavy atom. The lowest BCUT2D eigenvalue weighted by molar-refractivity contribution is 0.0666. The van der Waals surface area contributed by atoms with Gasteiger partial charge in [0.2, 0.25) is 0 Å². The lowest BCUT2D eigenvalue weighted by Crippen LogP contribution is -2.26. The number of hydrogen-bond acceptors (Lipinski definition) is 2. The second-order valence-electron chi connectivity index (χ2n) is 3.19. The van der Waals surface area contributed by atoms with E-state index >= 15 is 0 Å². The number of hydrogen-bond donors (Lipinski definition) is 2. The van der Waals surface area contributed by atoms with Gasteiger partial charge in [0.15, 0.2) is 0 Å². The smallest absolute Gasteiger partial charge is 0.0568 e. The summed E-state index contributed by atoms with van der Waals surface area (Å²) in [6.07, 6.45) is 5.59. The van der Waals surface area contributed by atoms with Crippen LogP contribution >= 0.6 is 0 Å². The van der Waals surface area contributed by atoms with Gasteiger partial charge in [0.25, 0.3) is 0 Å². The highest BCUT2D eigenvalue weighted by Gasteiger charge is 2.21. The Morgan fingerprint density at radius 2 is 2.00 bits per heavy atom. The van der Waals surface area contributed by atoms with Crippen molar-refractivity contribution in [3.63, 3.8) is 0 Å². The van der Waals surface area contributed by atoms with Gasteiger partial charge in [-0.1, -0.05) is 12.8 Å². The minimum atomic E-state index is -0.0581. The standard InChI is InChI=1S/C8H17NO/c9-6-5-7-3-1-2-4-8(7)10/h7-8,10H,1-6,9H2/t7-,8-/m1/s1. The molecule has 0 amide bonds. The van der Waals surface area contributed by atoms with Crippen LogP contribution in [0.1, 0.15) is 32.1 Å². The van der Waals surface area contributed by atoms with Gasteiger partial charge in [-0.25, -0.2) is 0 Å². The zero-order valence-corrected chi connectivity index (χ0v) is 6.42. The summed E-state index contributed by atoms with van der Waals surface area (Å²) in [6.45, 7) is 0.724. The molecule has 10 heavy (non-hydrogen) atoms. The highest BCUT2D eigenvalue weighted by molar-refractivity contribution is 4.74. The first-order valence-corrected chi connectivity index (χ1v) is 4.22. The molecule has 0 aromatic carbocycles. The summed E-state index contributed by atoms with van der Waals surface area (Å²) in [6, 6.07) is 0. The molecule has 1 rings (SSSR count). The summed E-state index contributed by atoms with van der Waals surface area (Å²) in [7, 11) is 0. The summed E-state index contributed by atoms with van der Waals surface area (Å²) in [5, 5.41) is 9.44. The molecular formula is C8H17NO. The van der Waals surface area contributed by atoms with Gasteiger partial charge < -0.3 is 10.8 Å². The SMILES string of the molecule is NCC[C@H]1CCCC[C@H]1O. The molecule has 1 saturated carbocycles.